The zero-order valence-electron chi connectivity index (χ0n) is 11.3. The Bertz CT molecular complexity index is 454. The highest BCUT2D eigenvalue weighted by atomic mass is 16.1. The van der Waals surface area contributed by atoms with Crippen molar-refractivity contribution < 1.29 is 4.79 Å². The Labute approximate surface area is 107 Å². The van der Waals surface area contributed by atoms with Crippen LogP contribution in [0.15, 0.2) is 17.1 Å². The van der Waals surface area contributed by atoms with Crippen molar-refractivity contribution in [2.75, 3.05) is 18.5 Å². The maximum atomic E-state index is 11.8. The van der Waals surface area contributed by atoms with Gasteiger partial charge in [0.25, 0.3) is 5.56 Å². The third kappa shape index (κ3) is 4.31. The molecule has 0 atom stereocenters. The molecule has 0 fully saturated rings. The van der Waals surface area contributed by atoms with Gasteiger partial charge >= 0.3 is 0 Å². The first-order chi connectivity index (χ1) is 8.54. The first-order valence-electron chi connectivity index (χ1n) is 6.32. The lowest BCUT2D eigenvalue weighted by molar-refractivity contribution is -0.117. The van der Waals surface area contributed by atoms with Crippen LogP contribution in [0.25, 0.3) is 0 Å². The third-order valence-electron chi connectivity index (χ3n) is 2.92. The minimum Gasteiger partial charge on any atom is -0.373 e. The average molecular weight is 251 g/mol. The van der Waals surface area contributed by atoms with Gasteiger partial charge in [0.1, 0.15) is 5.78 Å². The summed E-state index contributed by atoms with van der Waals surface area (Å²) in [5.74, 6) is 0.190. The number of aryl methyl sites for hydroxylation is 1. The highest BCUT2D eigenvalue weighted by Crippen LogP contribution is 2.06. The summed E-state index contributed by atoms with van der Waals surface area (Å²) < 4.78 is 1.45. The summed E-state index contributed by atoms with van der Waals surface area (Å²) in [7, 11) is 1.92. The van der Waals surface area contributed by atoms with Gasteiger partial charge in [-0.2, -0.15) is 5.10 Å². The highest BCUT2D eigenvalue weighted by Gasteiger charge is 2.03. The van der Waals surface area contributed by atoms with E-state index >= 15 is 0 Å². The van der Waals surface area contributed by atoms with Crippen molar-refractivity contribution in [1.29, 1.82) is 0 Å². The van der Waals surface area contributed by atoms with E-state index in [0.29, 0.717) is 13.0 Å². The highest BCUT2D eigenvalue weighted by molar-refractivity contribution is 5.75. The van der Waals surface area contributed by atoms with Gasteiger partial charge in [-0.15, -0.1) is 0 Å². The predicted molar refractivity (Wildman–Crippen MR) is 72.0 cm³/mol. The molecule has 0 aliphatic rings. The van der Waals surface area contributed by atoms with Crippen LogP contribution in [0.5, 0.6) is 0 Å². The molecule has 0 amide bonds. The van der Waals surface area contributed by atoms with Crippen LogP contribution in [0.2, 0.25) is 0 Å². The van der Waals surface area contributed by atoms with Gasteiger partial charge in [0.2, 0.25) is 0 Å². The molecule has 1 aromatic rings. The summed E-state index contributed by atoms with van der Waals surface area (Å²) in [4.78, 5) is 24.5. The molecule has 0 aliphatic carbocycles. The maximum absolute atomic E-state index is 11.8. The fraction of sp³-hybridized carbons (Fsp3) is 0.615. The molecule has 0 spiro atoms. The molecule has 0 N–H and O–H groups in total. The zero-order chi connectivity index (χ0) is 13.5. The summed E-state index contributed by atoms with van der Waals surface area (Å²) >= 11 is 0. The Morgan fingerprint density at radius 2 is 2.17 bits per heavy atom. The molecule has 5 nitrogen and oxygen atoms in total. The van der Waals surface area contributed by atoms with E-state index in [0.717, 1.165) is 25.1 Å². The van der Waals surface area contributed by atoms with Gasteiger partial charge in [0.15, 0.2) is 0 Å². The van der Waals surface area contributed by atoms with Crippen molar-refractivity contribution in [3.05, 3.63) is 22.6 Å². The number of ketones is 1. The van der Waals surface area contributed by atoms with Crippen molar-refractivity contribution in [1.82, 2.24) is 9.78 Å². The van der Waals surface area contributed by atoms with E-state index in [1.165, 1.54) is 4.68 Å². The minimum atomic E-state index is -0.0874. The number of anilines is 1. The number of carbonyl (C=O) groups is 1. The third-order valence-corrected chi connectivity index (χ3v) is 2.92. The van der Waals surface area contributed by atoms with Gasteiger partial charge in [-0.25, -0.2) is 4.68 Å². The van der Waals surface area contributed by atoms with Crippen LogP contribution in [-0.2, 0) is 11.3 Å². The van der Waals surface area contributed by atoms with Gasteiger partial charge < -0.3 is 9.69 Å². The molecule has 100 valence electrons. The van der Waals surface area contributed by atoms with E-state index in [4.69, 9.17) is 0 Å². The number of unbranched alkanes of at least 4 members (excludes halogenated alkanes) is 1. The molecule has 0 unspecified atom stereocenters. The molecule has 0 aromatic carbocycles. The van der Waals surface area contributed by atoms with Crippen LogP contribution in [0.4, 0.5) is 5.69 Å². The van der Waals surface area contributed by atoms with E-state index in [1.54, 1.807) is 19.2 Å². The number of carbonyl (C=O) groups excluding carboxylic acids is 1. The van der Waals surface area contributed by atoms with Crippen LogP contribution >= 0.6 is 0 Å². The van der Waals surface area contributed by atoms with Gasteiger partial charge in [-0.05, 0) is 26.7 Å². The summed E-state index contributed by atoms with van der Waals surface area (Å²) in [6.07, 6.45) is 3.89. The number of rotatable bonds is 7. The lowest BCUT2D eigenvalue weighted by Gasteiger charge is -2.16. The van der Waals surface area contributed by atoms with Gasteiger partial charge in [-0.3, -0.25) is 4.79 Å². The van der Waals surface area contributed by atoms with E-state index < -0.39 is 0 Å². The standard InChI is InChI=1S/C13H21N3O2/c1-4-15(3)12-9-13(18)16(14-10-12)8-6-5-7-11(2)17/h9-10H,4-8H2,1-3H3. The van der Waals surface area contributed by atoms with Crippen LogP contribution in [-0.4, -0.2) is 29.2 Å². The monoisotopic (exact) mass is 251 g/mol. The summed E-state index contributed by atoms with van der Waals surface area (Å²) in [6, 6.07) is 1.60. The number of nitrogens with zero attached hydrogens (tertiary/aromatic N) is 3. The van der Waals surface area contributed by atoms with E-state index in [2.05, 4.69) is 5.10 Å². The molecule has 0 radical (unpaired) electrons. The quantitative estimate of drug-likeness (QED) is 0.688. The lowest BCUT2D eigenvalue weighted by atomic mass is 10.2. The summed E-state index contributed by atoms with van der Waals surface area (Å²) in [5, 5.41) is 4.14. The molecule has 1 rings (SSSR count). The van der Waals surface area contributed by atoms with E-state index in [9.17, 15) is 9.59 Å². The number of hydrogen-bond acceptors (Lipinski definition) is 4. The second-order valence-corrected chi connectivity index (χ2v) is 4.45. The fourth-order valence-corrected chi connectivity index (χ4v) is 1.62. The maximum Gasteiger partial charge on any atom is 0.268 e. The first-order valence-corrected chi connectivity index (χ1v) is 6.32. The fourth-order valence-electron chi connectivity index (χ4n) is 1.62. The molecule has 18 heavy (non-hydrogen) atoms. The van der Waals surface area contributed by atoms with Crippen molar-refractivity contribution in [2.45, 2.75) is 39.7 Å². The van der Waals surface area contributed by atoms with Crippen molar-refractivity contribution >= 4 is 11.5 Å². The molecule has 1 heterocycles. The molecule has 5 heteroatoms. The average Bonchev–Trinajstić information content (AvgIpc) is 2.34. The lowest BCUT2D eigenvalue weighted by Crippen LogP contribution is -2.25. The van der Waals surface area contributed by atoms with Crippen LogP contribution in [0, 0.1) is 0 Å². The predicted octanol–water partition coefficient (Wildman–Crippen LogP) is 1.46. The molecular weight excluding hydrogens is 230 g/mol. The van der Waals surface area contributed by atoms with Crippen molar-refractivity contribution in [2.24, 2.45) is 0 Å². The van der Waals surface area contributed by atoms with Crippen LogP contribution < -0.4 is 10.5 Å². The van der Waals surface area contributed by atoms with Crippen molar-refractivity contribution in [3.63, 3.8) is 0 Å². The second kappa shape index (κ2) is 6.93. The molecule has 0 aliphatic heterocycles. The summed E-state index contributed by atoms with van der Waals surface area (Å²) in [6.45, 7) is 5.01. The minimum absolute atomic E-state index is 0.0874. The smallest absolute Gasteiger partial charge is 0.268 e. The largest absolute Gasteiger partial charge is 0.373 e. The molecule has 1 aromatic heterocycles. The topological polar surface area (TPSA) is 55.2 Å². The Morgan fingerprint density at radius 1 is 1.44 bits per heavy atom. The zero-order valence-corrected chi connectivity index (χ0v) is 11.3. The Hall–Kier alpha value is -1.65. The Morgan fingerprint density at radius 3 is 2.72 bits per heavy atom. The Kier molecular flexibility index (Phi) is 5.55. The molecule has 0 saturated heterocycles. The molecular formula is C13H21N3O2. The van der Waals surface area contributed by atoms with Gasteiger partial charge in [0.05, 0.1) is 11.9 Å². The number of hydrogen-bond donors (Lipinski definition) is 0. The number of aromatic nitrogens is 2. The molecule has 0 bridgehead atoms. The normalized spacial score (nSPS) is 10.4. The summed E-state index contributed by atoms with van der Waals surface area (Å²) in [5.41, 5.74) is 0.748. The number of Topliss-reactive ketones (excluding diaryl/α,β-unsaturated/α-hetero) is 1. The van der Waals surface area contributed by atoms with E-state index in [-0.39, 0.29) is 11.3 Å². The Balaban J connectivity index is 2.57. The van der Waals surface area contributed by atoms with Gasteiger partial charge in [-0.1, -0.05) is 0 Å². The first kappa shape index (κ1) is 14.4. The van der Waals surface area contributed by atoms with Crippen molar-refractivity contribution in [3.8, 4) is 0 Å². The molecule has 0 saturated carbocycles. The van der Waals surface area contributed by atoms with Gasteiger partial charge in [0, 0.05) is 32.6 Å². The second-order valence-electron chi connectivity index (χ2n) is 4.45. The van der Waals surface area contributed by atoms with Crippen LogP contribution in [0.3, 0.4) is 0 Å². The van der Waals surface area contributed by atoms with E-state index in [1.807, 2.05) is 18.9 Å². The SMILES string of the molecule is CCN(C)c1cnn(CCCCC(C)=O)c(=O)c1. The van der Waals surface area contributed by atoms with Crippen LogP contribution in [0.1, 0.15) is 33.1 Å².